The number of hydrogen-bond donors (Lipinski definition) is 0. The van der Waals surface area contributed by atoms with Gasteiger partial charge in [-0.05, 0) is 23.8 Å². The summed E-state index contributed by atoms with van der Waals surface area (Å²) in [6, 6.07) is 15.1. The molecule has 0 saturated carbocycles. The normalized spacial score (nSPS) is 11.3. The molecular formula is C19H19N3O3. The van der Waals surface area contributed by atoms with Crippen molar-refractivity contribution in [1.29, 1.82) is 0 Å². The molecule has 0 unspecified atom stereocenters. The summed E-state index contributed by atoms with van der Waals surface area (Å²) in [6.45, 7) is 1.16. The van der Waals surface area contributed by atoms with Crippen molar-refractivity contribution in [2.45, 2.75) is 6.54 Å². The van der Waals surface area contributed by atoms with E-state index in [1.54, 1.807) is 25.5 Å². The van der Waals surface area contributed by atoms with Crippen molar-refractivity contribution < 1.29 is 14.3 Å². The highest BCUT2D eigenvalue weighted by atomic mass is 16.5. The Kier molecular flexibility index (Phi) is 5.20. The fourth-order valence-electron chi connectivity index (χ4n) is 2.53. The number of hydrogen-bond acceptors (Lipinski definition) is 5. The Hall–Kier alpha value is -2.99. The van der Waals surface area contributed by atoms with Gasteiger partial charge in [-0.25, -0.2) is 14.8 Å². The number of rotatable bonds is 6. The lowest BCUT2D eigenvalue weighted by molar-refractivity contribution is 0.0601. The molecule has 0 saturated heterocycles. The number of carbonyl (C=O) groups is 1. The van der Waals surface area contributed by atoms with Crippen molar-refractivity contribution in [1.82, 2.24) is 9.55 Å². The molecule has 0 amide bonds. The molecule has 0 N–H and O–H groups in total. The van der Waals surface area contributed by atoms with Gasteiger partial charge in [0.2, 0.25) is 5.95 Å². The Balaban J connectivity index is 2.02. The second-order valence-electron chi connectivity index (χ2n) is 5.42. The van der Waals surface area contributed by atoms with E-state index in [9.17, 15) is 4.79 Å². The van der Waals surface area contributed by atoms with Crippen molar-refractivity contribution in [3.05, 3.63) is 59.7 Å². The number of fused-ring (bicyclic) bond motifs is 1. The van der Waals surface area contributed by atoms with Crippen LogP contribution in [0.15, 0.2) is 53.5 Å². The first-order valence-electron chi connectivity index (χ1n) is 7.89. The molecule has 0 bridgehead atoms. The topological polar surface area (TPSA) is 65.7 Å². The van der Waals surface area contributed by atoms with E-state index in [1.807, 2.05) is 41.0 Å². The van der Waals surface area contributed by atoms with Gasteiger partial charge < -0.3 is 14.0 Å². The van der Waals surface area contributed by atoms with Gasteiger partial charge in [0.25, 0.3) is 0 Å². The number of imidazole rings is 1. The van der Waals surface area contributed by atoms with Gasteiger partial charge in [-0.15, -0.1) is 0 Å². The number of carbonyl (C=O) groups excluding carboxylic acids is 1. The van der Waals surface area contributed by atoms with Crippen LogP contribution in [0, 0.1) is 0 Å². The molecule has 0 spiro atoms. The number of aromatic nitrogens is 2. The van der Waals surface area contributed by atoms with Crippen molar-refractivity contribution >= 4 is 29.2 Å². The maximum absolute atomic E-state index is 11.7. The largest absolute Gasteiger partial charge is 0.465 e. The smallest absolute Gasteiger partial charge is 0.337 e. The monoisotopic (exact) mass is 337 g/mol. The maximum Gasteiger partial charge on any atom is 0.337 e. The van der Waals surface area contributed by atoms with Crippen LogP contribution in [0.2, 0.25) is 0 Å². The minimum Gasteiger partial charge on any atom is -0.465 e. The third-order valence-electron chi connectivity index (χ3n) is 3.80. The first kappa shape index (κ1) is 16.9. The number of esters is 1. The molecule has 3 rings (SSSR count). The van der Waals surface area contributed by atoms with E-state index in [0.717, 1.165) is 11.1 Å². The van der Waals surface area contributed by atoms with Crippen LogP contribution in [-0.4, -0.2) is 42.6 Å². The molecule has 128 valence electrons. The van der Waals surface area contributed by atoms with E-state index in [1.165, 1.54) is 7.11 Å². The van der Waals surface area contributed by atoms with Crippen LogP contribution in [0.3, 0.4) is 0 Å². The summed E-state index contributed by atoms with van der Waals surface area (Å²) in [5, 5.41) is 0. The third kappa shape index (κ3) is 3.75. The molecule has 6 nitrogen and oxygen atoms in total. The molecule has 0 aliphatic carbocycles. The third-order valence-corrected chi connectivity index (χ3v) is 3.80. The predicted octanol–water partition coefficient (Wildman–Crippen LogP) is 3.22. The zero-order valence-electron chi connectivity index (χ0n) is 14.2. The summed E-state index contributed by atoms with van der Waals surface area (Å²) >= 11 is 0. The van der Waals surface area contributed by atoms with E-state index >= 15 is 0 Å². The maximum atomic E-state index is 11.7. The fourth-order valence-corrected chi connectivity index (χ4v) is 2.53. The molecule has 0 atom stereocenters. The van der Waals surface area contributed by atoms with Crippen molar-refractivity contribution in [2.24, 2.45) is 4.99 Å². The summed E-state index contributed by atoms with van der Waals surface area (Å²) in [5.74, 6) is 0.181. The lowest BCUT2D eigenvalue weighted by atomic mass is 10.2. The van der Waals surface area contributed by atoms with E-state index in [0.29, 0.717) is 30.2 Å². The molecule has 2 aromatic carbocycles. The molecule has 0 aliphatic heterocycles. The van der Waals surface area contributed by atoms with E-state index in [-0.39, 0.29) is 5.97 Å². The summed E-state index contributed by atoms with van der Waals surface area (Å²) < 4.78 is 11.9. The van der Waals surface area contributed by atoms with Crippen LogP contribution < -0.4 is 0 Å². The van der Waals surface area contributed by atoms with Crippen LogP contribution in [0.1, 0.15) is 15.9 Å². The lowest BCUT2D eigenvalue weighted by Gasteiger charge is -2.06. The van der Waals surface area contributed by atoms with Gasteiger partial charge in [0.1, 0.15) is 0 Å². The van der Waals surface area contributed by atoms with E-state index in [4.69, 9.17) is 9.47 Å². The Morgan fingerprint density at radius 3 is 2.72 bits per heavy atom. The van der Waals surface area contributed by atoms with Crippen LogP contribution in [0.25, 0.3) is 11.0 Å². The van der Waals surface area contributed by atoms with Gasteiger partial charge in [-0.3, -0.25) is 0 Å². The minimum atomic E-state index is -0.386. The van der Waals surface area contributed by atoms with E-state index < -0.39 is 0 Å². The zero-order chi connectivity index (χ0) is 17.6. The Labute approximate surface area is 145 Å². The number of ether oxygens (including phenoxy) is 2. The summed E-state index contributed by atoms with van der Waals surface area (Å²) in [6.07, 6.45) is 1.77. The molecule has 6 heteroatoms. The molecule has 0 aliphatic rings. The first-order chi connectivity index (χ1) is 12.2. The Morgan fingerprint density at radius 1 is 1.20 bits per heavy atom. The quantitative estimate of drug-likeness (QED) is 0.512. The summed E-state index contributed by atoms with van der Waals surface area (Å²) in [4.78, 5) is 20.8. The van der Waals surface area contributed by atoms with Crippen molar-refractivity contribution in [3.8, 4) is 0 Å². The summed E-state index contributed by atoms with van der Waals surface area (Å²) in [5.41, 5.74) is 3.04. The lowest BCUT2D eigenvalue weighted by Crippen LogP contribution is -2.04. The number of methoxy groups -OCH3 is 2. The zero-order valence-corrected chi connectivity index (χ0v) is 14.2. The van der Waals surface area contributed by atoms with Crippen LogP contribution in [0.5, 0.6) is 0 Å². The van der Waals surface area contributed by atoms with Gasteiger partial charge >= 0.3 is 5.97 Å². The number of nitrogens with zero attached hydrogens (tertiary/aromatic N) is 3. The van der Waals surface area contributed by atoms with Gasteiger partial charge in [0.05, 0.1) is 30.3 Å². The SMILES string of the molecule is COCCn1c(/N=C/c2ccccc2)nc2cc(C(=O)OC)ccc21. The standard InChI is InChI=1S/C19H19N3O3/c1-24-11-10-22-17-9-8-15(18(23)25-2)12-16(17)21-19(22)20-13-14-6-4-3-5-7-14/h3-9,12-13H,10-11H2,1-2H3/b20-13+. The Bertz CT molecular complexity index is 901. The van der Waals surface area contributed by atoms with Crippen molar-refractivity contribution in [2.75, 3.05) is 20.8 Å². The van der Waals surface area contributed by atoms with Crippen LogP contribution in [-0.2, 0) is 16.0 Å². The second-order valence-corrected chi connectivity index (χ2v) is 5.42. The second kappa shape index (κ2) is 7.72. The van der Waals surface area contributed by atoms with Crippen LogP contribution >= 0.6 is 0 Å². The average Bonchev–Trinajstić information content (AvgIpc) is 3.01. The Morgan fingerprint density at radius 2 is 2.00 bits per heavy atom. The van der Waals surface area contributed by atoms with Crippen LogP contribution in [0.4, 0.5) is 5.95 Å². The highest BCUT2D eigenvalue weighted by molar-refractivity contribution is 5.94. The molecular weight excluding hydrogens is 318 g/mol. The molecule has 1 heterocycles. The molecule has 0 fully saturated rings. The van der Waals surface area contributed by atoms with Gasteiger partial charge in [0.15, 0.2) is 0 Å². The molecule has 0 radical (unpaired) electrons. The van der Waals surface area contributed by atoms with Gasteiger partial charge in [-0.2, -0.15) is 0 Å². The number of benzene rings is 2. The summed E-state index contributed by atoms with van der Waals surface area (Å²) in [7, 11) is 3.01. The highest BCUT2D eigenvalue weighted by Crippen LogP contribution is 2.23. The average molecular weight is 337 g/mol. The van der Waals surface area contributed by atoms with E-state index in [2.05, 4.69) is 9.98 Å². The fraction of sp³-hybridized carbons (Fsp3) is 0.211. The molecule has 25 heavy (non-hydrogen) atoms. The minimum absolute atomic E-state index is 0.386. The van der Waals surface area contributed by atoms with Crippen molar-refractivity contribution in [3.63, 3.8) is 0 Å². The van der Waals surface area contributed by atoms with Gasteiger partial charge in [-0.1, -0.05) is 30.3 Å². The number of aliphatic imine (C=N–C) groups is 1. The molecule has 1 aromatic heterocycles. The molecule has 3 aromatic rings. The van der Waals surface area contributed by atoms with Gasteiger partial charge in [0, 0.05) is 19.9 Å². The first-order valence-corrected chi connectivity index (χ1v) is 7.89. The highest BCUT2D eigenvalue weighted by Gasteiger charge is 2.13. The predicted molar refractivity (Wildman–Crippen MR) is 96.6 cm³/mol.